The zero-order valence-corrected chi connectivity index (χ0v) is 9.41. The number of hydrogen-bond donors (Lipinski definition) is 0. The molecule has 82 valence electrons. The van der Waals surface area contributed by atoms with Crippen molar-refractivity contribution in [3.8, 4) is 6.07 Å². The van der Waals surface area contributed by atoms with Crippen LogP contribution in [0.3, 0.4) is 0 Å². The summed E-state index contributed by atoms with van der Waals surface area (Å²) in [5.41, 5.74) is -0.265. The summed E-state index contributed by atoms with van der Waals surface area (Å²) in [6.45, 7) is 5.59. The summed E-state index contributed by atoms with van der Waals surface area (Å²) in [5, 5.41) is 8.85. The van der Waals surface area contributed by atoms with Crippen LogP contribution in [0.2, 0.25) is 0 Å². The Hall–Kier alpha value is -1.37. The molecule has 1 atom stereocenters. The molecule has 0 spiro atoms. The van der Waals surface area contributed by atoms with Gasteiger partial charge >= 0.3 is 0 Å². The van der Waals surface area contributed by atoms with Gasteiger partial charge in [0, 0.05) is 12.8 Å². The maximum atomic E-state index is 11.7. The monoisotopic (exact) mass is 208 g/mol. The third kappa shape index (κ3) is 2.35. The maximum Gasteiger partial charge on any atom is 0.230 e. The van der Waals surface area contributed by atoms with Crippen molar-refractivity contribution < 1.29 is 9.59 Å². The zero-order valence-electron chi connectivity index (χ0n) is 9.41. The minimum absolute atomic E-state index is 0.218. The van der Waals surface area contributed by atoms with Gasteiger partial charge in [-0.25, -0.2) is 0 Å². The Kier molecular flexibility index (Phi) is 3.13. The largest absolute Gasteiger partial charge is 0.274 e. The second-order valence-corrected chi connectivity index (χ2v) is 4.73. The topological polar surface area (TPSA) is 61.2 Å². The highest BCUT2D eigenvalue weighted by atomic mass is 16.2. The molecule has 1 fully saturated rings. The van der Waals surface area contributed by atoms with Gasteiger partial charge in [0.15, 0.2) is 0 Å². The molecule has 0 aromatic carbocycles. The Balaban J connectivity index is 2.89. The van der Waals surface area contributed by atoms with Gasteiger partial charge in [0.25, 0.3) is 0 Å². The van der Waals surface area contributed by atoms with Crippen LogP contribution in [0.15, 0.2) is 0 Å². The van der Waals surface area contributed by atoms with Crippen molar-refractivity contribution in [2.24, 2.45) is 5.41 Å². The van der Waals surface area contributed by atoms with E-state index >= 15 is 0 Å². The fraction of sp³-hybridized carbons (Fsp3) is 0.727. The van der Waals surface area contributed by atoms with Gasteiger partial charge in [-0.2, -0.15) is 5.26 Å². The van der Waals surface area contributed by atoms with Crippen LogP contribution in [-0.2, 0) is 9.59 Å². The summed E-state index contributed by atoms with van der Waals surface area (Å²) in [6, 6.07) is 1.40. The minimum atomic E-state index is -0.596. The van der Waals surface area contributed by atoms with Crippen LogP contribution in [-0.4, -0.2) is 22.8 Å². The number of carbonyl (C=O) groups excluding carboxylic acids is 2. The minimum Gasteiger partial charge on any atom is -0.274 e. The number of rotatable bonds is 2. The second-order valence-electron chi connectivity index (χ2n) is 4.73. The lowest BCUT2D eigenvalue weighted by atomic mass is 9.81. The number of carbonyl (C=O) groups is 2. The van der Waals surface area contributed by atoms with Crippen molar-refractivity contribution in [2.45, 2.75) is 46.1 Å². The summed E-state index contributed by atoms with van der Waals surface area (Å²) in [5.74, 6) is -0.436. The van der Waals surface area contributed by atoms with Crippen molar-refractivity contribution in [3.05, 3.63) is 0 Å². The van der Waals surface area contributed by atoms with Crippen molar-refractivity contribution in [2.75, 3.05) is 0 Å². The van der Waals surface area contributed by atoms with E-state index in [9.17, 15) is 9.59 Å². The number of piperidine rings is 1. The standard InChI is InChI=1S/C11H16N2O2/c1-4-8(7-12)13-9(14)5-11(2,3)6-10(13)15/h8H,4-6H2,1-3H3. The lowest BCUT2D eigenvalue weighted by molar-refractivity contribution is -0.154. The number of nitrogens with zero attached hydrogens (tertiary/aromatic N) is 2. The maximum absolute atomic E-state index is 11.7. The summed E-state index contributed by atoms with van der Waals surface area (Å²) in [7, 11) is 0. The molecular weight excluding hydrogens is 192 g/mol. The molecule has 0 saturated carbocycles. The fourth-order valence-corrected chi connectivity index (χ4v) is 1.87. The molecule has 1 rings (SSSR count). The lowest BCUT2D eigenvalue weighted by Gasteiger charge is -2.36. The first kappa shape index (κ1) is 11.7. The van der Waals surface area contributed by atoms with Crippen LogP contribution in [0.1, 0.15) is 40.0 Å². The average molecular weight is 208 g/mol. The Morgan fingerprint density at radius 3 is 2.20 bits per heavy atom. The van der Waals surface area contributed by atoms with Gasteiger partial charge in [-0.15, -0.1) is 0 Å². The number of amides is 2. The van der Waals surface area contributed by atoms with E-state index in [1.165, 1.54) is 0 Å². The number of likely N-dealkylation sites (tertiary alicyclic amines) is 1. The van der Waals surface area contributed by atoms with Crippen LogP contribution in [0.5, 0.6) is 0 Å². The van der Waals surface area contributed by atoms with E-state index < -0.39 is 6.04 Å². The summed E-state index contributed by atoms with van der Waals surface area (Å²) >= 11 is 0. The molecule has 4 heteroatoms. The molecule has 0 N–H and O–H groups in total. The number of imide groups is 1. The van der Waals surface area contributed by atoms with E-state index in [0.29, 0.717) is 19.3 Å². The molecule has 0 bridgehead atoms. The van der Waals surface area contributed by atoms with E-state index in [0.717, 1.165) is 4.90 Å². The third-order valence-electron chi connectivity index (χ3n) is 2.64. The molecule has 0 radical (unpaired) electrons. The predicted molar refractivity (Wildman–Crippen MR) is 54.6 cm³/mol. The molecule has 15 heavy (non-hydrogen) atoms. The summed E-state index contributed by atoms with van der Waals surface area (Å²) < 4.78 is 0. The fourth-order valence-electron chi connectivity index (χ4n) is 1.87. The van der Waals surface area contributed by atoms with Crippen LogP contribution < -0.4 is 0 Å². The first-order chi connectivity index (χ1) is 6.91. The van der Waals surface area contributed by atoms with Gasteiger partial charge < -0.3 is 0 Å². The first-order valence-corrected chi connectivity index (χ1v) is 5.16. The van der Waals surface area contributed by atoms with Gasteiger partial charge in [0.05, 0.1) is 6.07 Å². The number of nitriles is 1. The van der Waals surface area contributed by atoms with E-state index in [4.69, 9.17) is 5.26 Å². The van der Waals surface area contributed by atoms with E-state index in [-0.39, 0.29) is 17.2 Å². The highest BCUT2D eigenvalue weighted by Crippen LogP contribution is 2.32. The van der Waals surface area contributed by atoms with Crippen molar-refractivity contribution in [1.82, 2.24) is 4.90 Å². The Morgan fingerprint density at radius 2 is 1.87 bits per heavy atom. The molecule has 2 amide bonds. The van der Waals surface area contributed by atoms with E-state index in [2.05, 4.69) is 0 Å². The second kappa shape index (κ2) is 4.01. The van der Waals surface area contributed by atoms with E-state index in [1.807, 2.05) is 19.9 Å². The van der Waals surface area contributed by atoms with E-state index in [1.54, 1.807) is 6.92 Å². The Bertz CT molecular complexity index is 308. The SMILES string of the molecule is CCC(C#N)N1C(=O)CC(C)(C)CC1=O. The molecule has 1 aliphatic heterocycles. The molecule has 1 heterocycles. The van der Waals surface area contributed by atoms with Crippen molar-refractivity contribution in [3.63, 3.8) is 0 Å². The van der Waals surface area contributed by atoms with Gasteiger partial charge in [-0.1, -0.05) is 20.8 Å². The van der Waals surface area contributed by atoms with Gasteiger partial charge in [-0.3, -0.25) is 14.5 Å². The molecule has 0 aliphatic carbocycles. The zero-order chi connectivity index (χ0) is 11.6. The third-order valence-corrected chi connectivity index (χ3v) is 2.64. The lowest BCUT2D eigenvalue weighted by Crippen LogP contribution is -2.50. The Morgan fingerprint density at radius 1 is 1.40 bits per heavy atom. The molecule has 0 aromatic rings. The smallest absolute Gasteiger partial charge is 0.230 e. The van der Waals surface area contributed by atoms with Crippen LogP contribution >= 0.6 is 0 Å². The number of hydrogen-bond acceptors (Lipinski definition) is 3. The highest BCUT2D eigenvalue weighted by molar-refractivity contribution is 5.99. The highest BCUT2D eigenvalue weighted by Gasteiger charge is 2.40. The summed E-state index contributed by atoms with van der Waals surface area (Å²) in [6.07, 6.45) is 1.18. The normalized spacial score (nSPS) is 22.4. The first-order valence-electron chi connectivity index (χ1n) is 5.16. The molecule has 1 aliphatic rings. The quantitative estimate of drug-likeness (QED) is 0.645. The molecule has 4 nitrogen and oxygen atoms in total. The van der Waals surface area contributed by atoms with Gasteiger partial charge in [-0.05, 0) is 11.8 Å². The molecule has 0 aromatic heterocycles. The summed E-state index contributed by atoms with van der Waals surface area (Å²) in [4.78, 5) is 24.6. The molecule has 1 saturated heterocycles. The van der Waals surface area contributed by atoms with Crippen LogP contribution in [0, 0.1) is 16.7 Å². The van der Waals surface area contributed by atoms with Crippen molar-refractivity contribution in [1.29, 1.82) is 5.26 Å². The predicted octanol–water partition coefficient (Wildman–Crippen LogP) is 1.46. The Labute approximate surface area is 89.9 Å². The average Bonchev–Trinajstić information content (AvgIpc) is 2.09. The van der Waals surface area contributed by atoms with Crippen molar-refractivity contribution >= 4 is 11.8 Å². The van der Waals surface area contributed by atoms with Gasteiger partial charge in [0.2, 0.25) is 11.8 Å². The molecule has 1 unspecified atom stereocenters. The van der Waals surface area contributed by atoms with Gasteiger partial charge in [0.1, 0.15) is 6.04 Å². The van der Waals surface area contributed by atoms with Crippen LogP contribution in [0.25, 0.3) is 0 Å². The molecular formula is C11H16N2O2. The van der Waals surface area contributed by atoms with Crippen LogP contribution in [0.4, 0.5) is 0 Å².